The highest BCUT2D eigenvalue weighted by atomic mass is 19.1. The lowest BCUT2D eigenvalue weighted by atomic mass is 10.1. The molecule has 25 heavy (non-hydrogen) atoms. The molecule has 0 saturated heterocycles. The lowest BCUT2D eigenvalue weighted by Crippen LogP contribution is -2.13. The fourth-order valence-electron chi connectivity index (χ4n) is 2.44. The quantitative estimate of drug-likeness (QED) is 0.727. The smallest absolute Gasteiger partial charge is 0.257 e. The van der Waals surface area contributed by atoms with Gasteiger partial charge in [-0.25, -0.2) is 4.39 Å². The molecule has 0 aliphatic rings. The number of nitrogens with one attached hydrogen (secondary N) is 2. The topological polar surface area (TPSA) is 54.0 Å². The van der Waals surface area contributed by atoms with Crippen LogP contribution in [0.5, 0.6) is 0 Å². The fraction of sp³-hybridized carbons (Fsp3) is 0.100. The molecule has 0 spiro atoms. The van der Waals surface area contributed by atoms with Crippen LogP contribution < -0.4 is 10.6 Å². The minimum absolute atomic E-state index is 0.336. The summed E-state index contributed by atoms with van der Waals surface area (Å²) in [6.07, 6.45) is 3.14. The zero-order chi connectivity index (χ0) is 17.6. The van der Waals surface area contributed by atoms with E-state index in [-0.39, 0.29) is 5.91 Å². The Morgan fingerprint density at radius 2 is 1.88 bits per heavy atom. The molecule has 0 bridgehead atoms. The molecule has 0 unspecified atom stereocenters. The SMILES string of the molecule is Cc1ccccc1CNc1cncc(C(=O)Nc2cccc(F)c2)c1. The van der Waals surface area contributed by atoms with E-state index < -0.39 is 5.82 Å². The maximum absolute atomic E-state index is 13.2. The third kappa shape index (κ3) is 4.41. The largest absolute Gasteiger partial charge is 0.380 e. The summed E-state index contributed by atoms with van der Waals surface area (Å²) in [5.41, 5.74) is 3.93. The van der Waals surface area contributed by atoms with Gasteiger partial charge in [-0.05, 0) is 42.3 Å². The Kier molecular flexibility index (Phi) is 5.04. The highest BCUT2D eigenvalue weighted by molar-refractivity contribution is 6.04. The molecule has 2 N–H and O–H groups in total. The highest BCUT2D eigenvalue weighted by Crippen LogP contribution is 2.15. The maximum atomic E-state index is 13.2. The Morgan fingerprint density at radius 1 is 1.04 bits per heavy atom. The number of benzene rings is 2. The van der Waals surface area contributed by atoms with E-state index in [9.17, 15) is 9.18 Å². The van der Waals surface area contributed by atoms with E-state index in [4.69, 9.17) is 0 Å². The van der Waals surface area contributed by atoms with Crippen LogP contribution in [0.25, 0.3) is 0 Å². The number of aromatic nitrogens is 1. The summed E-state index contributed by atoms with van der Waals surface area (Å²) in [5.74, 6) is -0.734. The predicted octanol–water partition coefficient (Wildman–Crippen LogP) is 4.39. The van der Waals surface area contributed by atoms with E-state index in [0.717, 1.165) is 5.69 Å². The molecule has 3 aromatic rings. The zero-order valence-electron chi connectivity index (χ0n) is 13.8. The molecule has 0 fully saturated rings. The Balaban J connectivity index is 1.68. The first-order chi connectivity index (χ1) is 12.1. The van der Waals surface area contributed by atoms with E-state index in [0.29, 0.717) is 17.8 Å². The number of carbonyl (C=O) groups is 1. The number of anilines is 2. The van der Waals surface area contributed by atoms with Crippen LogP contribution in [-0.4, -0.2) is 10.9 Å². The third-order valence-electron chi connectivity index (χ3n) is 3.83. The Labute approximate surface area is 145 Å². The average Bonchev–Trinajstić information content (AvgIpc) is 2.61. The maximum Gasteiger partial charge on any atom is 0.257 e. The molecule has 4 nitrogen and oxygen atoms in total. The molecular weight excluding hydrogens is 317 g/mol. The van der Waals surface area contributed by atoms with Gasteiger partial charge in [-0.1, -0.05) is 30.3 Å². The minimum Gasteiger partial charge on any atom is -0.380 e. The van der Waals surface area contributed by atoms with Crippen LogP contribution >= 0.6 is 0 Å². The summed E-state index contributed by atoms with van der Waals surface area (Å²) < 4.78 is 13.2. The van der Waals surface area contributed by atoms with E-state index >= 15 is 0 Å². The van der Waals surface area contributed by atoms with Crippen LogP contribution in [0.2, 0.25) is 0 Å². The molecule has 0 aliphatic heterocycles. The van der Waals surface area contributed by atoms with Crippen molar-refractivity contribution in [1.29, 1.82) is 0 Å². The summed E-state index contributed by atoms with van der Waals surface area (Å²) in [5, 5.41) is 5.93. The molecule has 1 amide bonds. The van der Waals surface area contributed by atoms with Crippen molar-refractivity contribution < 1.29 is 9.18 Å². The molecule has 0 aliphatic carbocycles. The summed E-state index contributed by atoms with van der Waals surface area (Å²) in [6, 6.07) is 15.6. The summed E-state index contributed by atoms with van der Waals surface area (Å²) in [4.78, 5) is 16.4. The Bertz CT molecular complexity index is 895. The molecule has 1 heterocycles. The van der Waals surface area contributed by atoms with Gasteiger partial charge in [0.1, 0.15) is 5.82 Å². The molecule has 3 rings (SSSR count). The van der Waals surface area contributed by atoms with Gasteiger partial charge in [-0.3, -0.25) is 9.78 Å². The monoisotopic (exact) mass is 335 g/mol. The van der Waals surface area contributed by atoms with E-state index in [1.54, 1.807) is 24.4 Å². The van der Waals surface area contributed by atoms with Gasteiger partial charge >= 0.3 is 0 Å². The zero-order valence-corrected chi connectivity index (χ0v) is 13.8. The van der Waals surface area contributed by atoms with Crippen molar-refractivity contribution >= 4 is 17.3 Å². The third-order valence-corrected chi connectivity index (χ3v) is 3.83. The molecule has 2 aromatic carbocycles. The van der Waals surface area contributed by atoms with Crippen molar-refractivity contribution in [3.8, 4) is 0 Å². The second-order valence-electron chi connectivity index (χ2n) is 5.71. The predicted molar refractivity (Wildman–Crippen MR) is 97.1 cm³/mol. The van der Waals surface area contributed by atoms with Crippen LogP contribution in [0.4, 0.5) is 15.8 Å². The molecule has 1 aromatic heterocycles. The van der Waals surface area contributed by atoms with Crippen molar-refractivity contribution in [1.82, 2.24) is 4.98 Å². The average molecular weight is 335 g/mol. The fourth-order valence-corrected chi connectivity index (χ4v) is 2.44. The van der Waals surface area contributed by atoms with Crippen LogP contribution in [-0.2, 0) is 6.54 Å². The van der Waals surface area contributed by atoms with Crippen LogP contribution in [0.3, 0.4) is 0 Å². The number of amides is 1. The van der Waals surface area contributed by atoms with Crippen molar-refractivity contribution in [3.05, 3.63) is 89.5 Å². The molecule has 0 saturated carbocycles. The Morgan fingerprint density at radius 3 is 2.68 bits per heavy atom. The second-order valence-corrected chi connectivity index (χ2v) is 5.71. The van der Waals surface area contributed by atoms with Gasteiger partial charge in [0, 0.05) is 24.6 Å². The lowest BCUT2D eigenvalue weighted by molar-refractivity contribution is 0.102. The highest BCUT2D eigenvalue weighted by Gasteiger charge is 2.08. The number of pyridine rings is 1. The standard InChI is InChI=1S/C20H18FN3O/c1-14-5-2-3-6-15(14)12-23-19-9-16(11-22-13-19)20(25)24-18-8-4-7-17(21)10-18/h2-11,13,23H,12H2,1H3,(H,24,25). The Hall–Kier alpha value is -3.21. The first-order valence-corrected chi connectivity index (χ1v) is 7.92. The minimum atomic E-state index is -0.399. The van der Waals surface area contributed by atoms with Gasteiger partial charge in [0.05, 0.1) is 11.3 Å². The molecule has 126 valence electrons. The van der Waals surface area contributed by atoms with Crippen molar-refractivity contribution in [2.75, 3.05) is 10.6 Å². The molecular formula is C20H18FN3O. The van der Waals surface area contributed by atoms with Gasteiger partial charge in [0.25, 0.3) is 5.91 Å². The van der Waals surface area contributed by atoms with Crippen LogP contribution in [0, 0.1) is 12.7 Å². The summed E-state index contributed by atoms with van der Waals surface area (Å²) in [7, 11) is 0. The lowest BCUT2D eigenvalue weighted by Gasteiger charge is -2.10. The first-order valence-electron chi connectivity index (χ1n) is 7.92. The number of carbonyl (C=O) groups excluding carboxylic acids is 1. The number of hydrogen-bond acceptors (Lipinski definition) is 3. The number of halogens is 1. The van der Waals surface area contributed by atoms with Gasteiger partial charge in [0.2, 0.25) is 0 Å². The first kappa shape index (κ1) is 16.6. The van der Waals surface area contributed by atoms with Gasteiger partial charge < -0.3 is 10.6 Å². The number of aryl methyl sites for hydroxylation is 1. The molecule has 5 heteroatoms. The van der Waals surface area contributed by atoms with Gasteiger partial charge in [-0.15, -0.1) is 0 Å². The normalized spacial score (nSPS) is 10.3. The second kappa shape index (κ2) is 7.57. The van der Waals surface area contributed by atoms with E-state index in [1.807, 2.05) is 12.1 Å². The van der Waals surface area contributed by atoms with Crippen LogP contribution in [0.1, 0.15) is 21.5 Å². The number of hydrogen-bond donors (Lipinski definition) is 2. The van der Waals surface area contributed by atoms with E-state index in [2.05, 4.69) is 34.7 Å². The number of rotatable bonds is 5. The molecule has 0 radical (unpaired) electrons. The van der Waals surface area contributed by atoms with Gasteiger partial charge in [0.15, 0.2) is 0 Å². The van der Waals surface area contributed by atoms with Crippen molar-refractivity contribution in [2.45, 2.75) is 13.5 Å². The van der Waals surface area contributed by atoms with Crippen LogP contribution in [0.15, 0.2) is 67.0 Å². The summed E-state index contributed by atoms with van der Waals surface area (Å²) in [6.45, 7) is 2.70. The van der Waals surface area contributed by atoms with Crippen molar-refractivity contribution in [3.63, 3.8) is 0 Å². The summed E-state index contributed by atoms with van der Waals surface area (Å²) >= 11 is 0. The number of nitrogens with zero attached hydrogens (tertiary/aromatic N) is 1. The van der Waals surface area contributed by atoms with E-state index in [1.165, 1.54) is 29.5 Å². The van der Waals surface area contributed by atoms with Gasteiger partial charge in [-0.2, -0.15) is 0 Å². The van der Waals surface area contributed by atoms with Crippen molar-refractivity contribution in [2.24, 2.45) is 0 Å². The molecule has 0 atom stereocenters.